The average molecular weight is 544 g/mol. The van der Waals surface area contributed by atoms with Crippen molar-refractivity contribution in [1.82, 2.24) is 16.0 Å². The van der Waals surface area contributed by atoms with Gasteiger partial charge in [-0.2, -0.15) is 0 Å². The number of carbonyl (C=O) groups is 6. The van der Waals surface area contributed by atoms with E-state index in [2.05, 4.69) is 20.9 Å². The molecule has 0 saturated heterocycles. The Morgan fingerprint density at radius 1 is 0.737 bits per heavy atom. The van der Waals surface area contributed by atoms with Crippen LogP contribution >= 0.6 is 0 Å². The predicted octanol–water partition coefficient (Wildman–Crippen LogP) is -3.52. The van der Waals surface area contributed by atoms with Gasteiger partial charge >= 0.3 is 5.97 Å². The molecule has 0 bridgehead atoms. The normalized spacial score (nSPS) is 13.9. The van der Waals surface area contributed by atoms with Crippen molar-refractivity contribution in [3.05, 3.63) is 0 Å². The summed E-state index contributed by atoms with van der Waals surface area (Å²) in [4.78, 5) is 76.2. The van der Waals surface area contributed by atoms with E-state index >= 15 is 0 Å². The Morgan fingerprint density at radius 3 is 1.63 bits per heavy atom. The topological polar surface area (TPSA) is 301 Å². The standard InChI is InChI=1S/C22H41N9O7/c1-11(2)10-12(23)18(34)29-13(4-3-9-28-22(26)27)19(35)30-14(5-7-16(24)32)20(36)31-15(21(37)38)6-8-17(25)33/h11-15H,3-10,23H2,1-2H3,(H2,24,32)(H2,25,33)(H,29,34)(H,30,35)(H,31,36)(H,37,38)(H4,26,27,28). The minimum Gasteiger partial charge on any atom is -0.480 e. The molecule has 0 aromatic rings. The number of guanidine groups is 1. The summed E-state index contributed by atoms with van der Waals surface area (Å²) in [7, 11) is 0. The highest BCUT2D eigenvalue weighted by Crippen LogP contribution is 2.07. The molecule has 16 nitrogen and oxygen atoms in total. The van der Waals surface area contributed by atoms with Crippen molar-refractivity contribution in [2.45, 2.75) is 83.0 Å². The van der Waals surface area contributed by atoms with Crippen LogP contribution in [0.2, 0.25) is 0 Å². The second-order valence-electron chi connectivity index (χ2n) is 9.22. The largest absolute Gasteiger partial charge is 0.480 e. The lowest BCUT2D eigenvalue weighted by atomic mass is 10.0. The van der Waals surface area contributed by atoms with Crippen molar-refractivity contribution in [1.29, 1.82) is 0 Å². The highest BCUT2D eigenvalue weighted by atomic mass is 16.4. The van der Waals surface area contributed by atoms with Crippen LogP contribution in [0.15, 0.2) is 4.99 Å². The van der Waals surface area contributed by atoms with E-state index in [0.717, 1.165) is 0 Å². The first-order valence-electron chi connectivity index (χ1n) is 12.1. The monoisotopic (exact) mass is 543 g/mol. The Balaban J connectivity index is 5.70. The van der Waals surface area contributed by atoms with Crippen molar-refractivity contribution in [2.75, 3.05) is 6.54 Å². The fourth-order valence-electron chi connectivity index (χ4n) is 3.31. The summed E-state index contributed by atoms with van der Waals surface area (Å²) in [5.41, 5.74) is 26.8. The molecule has 0 saturated carbocycles. The third kappa shape index (κ3) is 15.2. The highest BCUT2D eigenvalue weighted by Gasteiger charge is 2.30. The van der Waals surface area contributed by atoms with Crippen molar-refractivity contribution >= 4 is 41.5 Å². The minimum atomic E-state index is -1.48. The number of rotatable bonds is 19. The van der Waals surface area contributed by atoms with Gasteiger partial charge in [0.25, 0.3) is 0 Å². The number of carboxylic acid groups (broad SMARTS) is 1. The van der Waals surface area contributed by atoms with Crippen LogP contribution in [0.3, 0.4) is 0 Å². The number of nitrogens with one attached hydrogen (secondary N) is 3. The number of hydrogen-bond acceptors (Lipinski definition) is 8. The van der Waals surface area contributed by atoms with Crippen LogP contribution in [0, 0.1) is 5.92 Å². The number of amides is 5. The highest BCUT2D eigenvalue weighted by molar-refractivity contribution is 5.94. The first-order chi connectivity index (χ1) is 17.6. The quantitative estimate of drug-likeness (QED) is 0.0439. The lowest BCUT2D eigenvalue weighted by Gasteiger charge is -2.25. The van der Waals surface area contributed by atoms with Crippen LogP contribution in [-0.2, 0) is 28.8 Å². The Bertz CT molecular complexity index is 875. The van der Waals surface area contributed by atoms with Crippen LogP contribution in [-0.4, -0.2) is 77.3 Å². The van der Waals surface area contributed by atoms with Gasteiger partial charge in [-0.3, -0.25) is 29.0 Å². The molecule has 0 radical (unpaired) electrons. The summed E-state index contributed by atoms with van der Waals surface area (Å²) in [6.07, 6.45) is -0.444. The van der Waals surface area contributed by atoms with Gasteiger partial charge in [-0.15, -0.1) is 0 Å². The number of carboxylic acids is 1. The Hall–Kier alpha value is -3.95. The molecule has 14 N–H and O–H groups in total. The van der Waals surface area contributed by atoms with E-state index < -0.39 is 59.7 Å². The maximum atomic E-state index is 13.1. The van der Waals surface area contributed by atoms with Gasteiger partial charge in [0.1, 0.15) is 18.1 Å². The van der Waals surface area contributed by atoms with Crippen LogP contribution in [0.1, 0.15) is 58.8 Å². The number of nitrogens with zero attached hydrogens (tertiary/aromatic N) is 1. The van der Waals surface area contributed by atoms with Crippen LogP contribution < -0.4 is 44.6 Å². The molecule has 0 aliphatic rings. The molecule has 0 aliphatic carbocycles. The zero-order valence-corrected chi connectivity index (χ0v) is 21.8. The lowest BCUT2D eigenvalue weighted by molar-refractivity contribution is -0.142. The van der Waals surface area contributed by atoms with Crippen LogP contribution in [0.4, 0.5) is 0 Å². The number of aliphatic imine (C=N–C) groups is 1. The molecular weight excluding hydrogens is 502 g/mol. The molecular formula is C22H41N9O7. The van der Waals surface area contributed by atoms with E-state index in [4.69, 9.17) is 28.7 Å². The van der Waals surface area contributed by atoms with E-state index in [-0.39, 0.29) is 56.9 Å². The summed E-state index contributed by atoms with van der Waals surface area (Å²) >= 11 is 0. The molecule has 0 aliphatic heterocycles. The molecule has 0 spiro atoms. The molecule has 4 atom stereocenters. The zero-order chi connectivity index (χ0) is 29.4. The fraction of sp³-hybridized carbons (Fsp3) is 0.682. The molecule has 0 aromatic carbocycles. The van der Waals surface area contributed by atoms with Crippen LogP contribution in [0.5, 0.6) is 0 Å². The molecule has 38 heavy (non-hydrogen) atoms. The third-order valence-corrected chi connectivity index (χ3v) is 5.25. The summed E-state index contributed by atoms with van der Waals surface area (Å²) < 4.78 is 0. The Morgan fingerprint density at radius 2 is 1.18 bits per heavy atom. The maximum Gasteiger partial charge on any atom is 0.326 e. The number of hydrogen-bond donors (Lipinski definition) is 9. The van der Waals surface area contributed by atoms with Gasteiger partial charge in [0.15, 0.2) is 5.96 Å². The second kappa shape index (κ2) is 17.5. The summed E-state index contributed by atoms with van der Waals surface area (Å²) in [5.74, 6) is -5.29. The number of aliphatic carboxylic acids is 1. The summed E-state index contributed by atoms with van der Waals surface area (Å²) in [5, 5.41) is 16.6. The molecule has 0 fully saturated rings. The molecule has 216 valence electrons. The van der Waals surface area contributed by atoms with Crippen molar-refractivity contribution < 1.29 is 33.9 Å². The molecule has 16 heteroatoms. The van der Waals surface area contributed by atoms with Gasteiger partial charge in [-0.05, 0) is 38.0 Å². The van der Waals surface area contributed by atoms with E-state index in [1.165, 1.54) is 0 Å². The second-order valence-corrected chi connectivity index (χ2v) is 9.22. The molecule has 0 heterocycles. The molecule has 0 aromatic heterocycles. The van der Waals surface area contributed by atoms with Crippen LogP contribution in [0.25, 0.3) is 0 Å². The van der Waals surface area contributed by atoms with E-state index in [1.54, 1.807) is 0 Å². The molecule has 5 amide bonds. The van der Waals surface area contributed by atoms with Gasteiger partial charge in [0, 0.05) is 19.4 Å². The lowest BCUT2D eigenvalue weighted by Crippen LogP contribution is -2.57. The van der Waals surface area contributed by atoms with E-state index in [9.17, 15) is 33.9 Å². The average Bonchev–Trinajstić information content (AvgIpc) is 2.79. The molecule has 4 unspecified atom stereocenters. The van der Waals surface area contributed by atoms with Crippen molar-refractivity contribution in [2.24, 2.45) is 39.6 Å². The zero-order valence-electron chi connectivity index (χ0n) is 21.8. The Labute approximate surface area is 220 Å². The number of primary amides is 2. The van der Waals surface area contributed by atoms with Gasteiger partial charge in [-0.1, -0.05) is 13.8 Å². The number of nitrogens with two attached hydrogens (primary N) is 5. The van der Waals surface area contributed by atoms with E-state index in [1.807, 2.05) is 13.8 Å². The third-order valence-electron chi connectivity index (χ3n) is 5.25. The SMILES string of the molecule is CC(C)CC(N)C(=O)NC(CCCN=C(N)N)C(=O)NC(CCC(N)=O)C(=O)NC(CCC(N)=O)C(=O)O. The first-order valence-corrected chi connectivity index (χ1v) is 12.1. The van der Waals surface area contributed by atoms with Crippen molar-refractivity contribution in [3.8, 4) is 0 Å². The fourth-order valence-corrected chi connectivity index (χ4v) is 3.31. The first kappa shape index (κ1) is 34.0. The van der Waals surface area contributed by atoms with Gasteiger partial charge in [0.05, 0.1) is 6.04 Å². The molecule has 0 rings (SSSR count). The summed E-state index contributed by atoms with van der Waals surface area (Å²) in [6.45, 7) is 3.91. The van der Waals surface area contributed by atoms with Gasteiger partial charge in [0.2, 0.25) is 29.5 Å². The Kier molecular flexibility index (Phi) is 15.7. The minimum absolute atomic E-state index is 0.0727. The smallest absolute Gasteiger partial charge is 0.326 e. The van der Waals surface area contributed by atoms with E-state index in [0.29, 0.717) is 6.42 Å². The van der Waals surface area contributed by atoms with Gasteiger partial charge in [-0.25, -0.2) is 4.79 Å². The van der Waals surface area contributed by atoms with Gasteiger partial charge < -0.3 is 49.7 Å². The predicted molar refractivity (Wildman–Crippen MR) is 138 cm³/mol. The van der Waals surface area contributed by atoms with Crippen molar-refractivity contribution in [3.63, 3.8) is 0 Å². The maximum absolute atomic E-state index is 13.1. The number of carbonyl (C=O) groups excluding carboxylic acids is 5. The summed E-state index contributed by atoms with van der Waals surface area (Å²) in [6, 6.07) is -4.90.